The predicted octanol–water partition coefficient (Wildman–Crippen LogP) is 21.8. The predicted molar refractivity (Wildman–Crippen MR) is 382 cm³/mol. The van der Waals surface area contributed by atoms with Gasteiger partial charge in [0.2, 0.25) is 0 Å². The SMILES string of the molecule is N#Cc1cc(C#N)c(-c2cccc(-c3cc(-c4ccc(-n5c6ccccc6c6cc7c(cc65)sc5ccccc57)cc4)c(-c4cccc(-c5c(C#N)cc(C#N)cc5C#N)c4)cc3-c3ccc(-n4c5ccccc5c5cc6c(cc54)sc4ccccc46)cc3)c2)c(C#N)c1. The summed E-state index contributed by atoms with van der Waals surface area (Å²) in [5.41, 5.74) is 16.8. The first-order valence-corrected chi connectivity index (χ1v) is 32.0. The van der Waals surface area contributed by atoms with Gasteiger partial charge in [-0.2, -0.15) is 31.6 Å². The highest BCUT2D eigenvalue weighted by Crippen LogP contribution is 2.48. The Balaban J connectivity index is 0.901. The number of hydrogen-bond donors (Lipinski definition) is 0. The van der Waals surface area contributed by atoms with Gasteiger partial charge in [-0.15, -0.1) is 22.7 Å². The number of nitriles is 6. The molecule has 94 heavy (non-hydrogen) atoms. The zero-order valence-electron chi connectivity index (χ0n) is 49.6. The summed E-state index contributed by atoms with van der Waals surface area (Å²) in [6.45, 7) is 0. The molecule has 17 rings (SSSR count). The molecular weight excluding hydrogens is 1190 g/mol. The number of hydrogen-bond acceptors (Lipinski definition) is 8. The molecule has 4 aromatic heterocycles. The Morgan fingerprint density at radius 2 is 0.585 bits per heavy atom. The van der Waals surface area contributed by atoms with Crippen molar-refractivity contribution in [2.45, 2.75) is 0 Å². The fourth-order valence-electron chi connectivity index (χ4n) is 14.1. The van der Waals surface area contributed by atoms with E-state index in [0.29, 0.717) is 22.3 Å². The van der Waals surface area contributed by atoms with Crippen molar-refractivity contribution in [3.63, 3.8) is 0 Å². The van der Waals surface area contributed by atoms with E-state index in [1.165, 1.54) is 75.4 Å². The number of thiophene rings is 2. The Kier molecular flexibility index (Phi) is 12.8. The molecule has 0 bridgehead atoms. The number of rotatable bonds is 8. The highest BCUT2D eigenvalue weighted by molar-refractivity contribution is 7.26. The molecule has 17 aromatic rings. The molecule has 0 amide bonds. The maximum Gasteiger partial charge on any atom is 0.0999 e. The van der Waals surface area contributed by atoms with Crippen molar-refractivity contribution in [1.82, 2.24) is 9.13 Å². The van der Waals surface area contributed by atoms with Crippen molar-refractivity contribution in [2.75, 3.05) is 0 Å². The molecule has 0 aliphatic heterocycles. The van der Waals surface area contributed by atoms with Crippen molar-refractivity contribution in [2.24, 2.45) is 0 Å². The summed E-state index contributed by atoms with van der Waals surface area (Å²) < 4.78 is 9.61. The lowest BCUT2D eigenvalue weighted by atomic mass is 9.84. The number of fused-ring (bicyclic) bond motifs is 12. The maximum atomic E-state index is 10.6. The van der Waals surface area contributed by atoms with Gasteiger partial charge in [-0.05, 0) is 177 Å². The minimum atomic E-state index is 0.218. The lowest BCUT2D eigenvalue weighted by Crippen LogP contribution is -1.97. The summed E-state index contributed by atoms with van der Waals surface area (Å²) in [5, 5.41) is 71.9. The van der Waals surface area contributed by atoms with Crippen LogP contribution in [0.25, 0.3) is 162 Å². The molecule has 4 heterocycles. The normalized spacial score (nSPS) is 11.3. The van der Waals surface area contributed by atoms with Gasteiger partial charge in [0.1, 0.15) is 0 Å². The molecule has 0 spiro atoms. The van der Waals surface area contributed by atoms with Crippen molar-refractivity contribution in [1.29, 1.82) is 31.6 Å². The molecule has 8 nitrogen and oxygen atoms in total. The van der Waals surface area contributed by atoms with Gasteiger partial charge in [0.05, 0.1) is 91.9 Å². The first-order valence-electron chi connectivity index (χ1n) is 30.4. The monoisotopic (exact) mass is 1230 g/mol. The quantitative estimate of drug-likeness (QED) is 0.148. The van der Waals surface area contributed by atoms with Gasteiger partial charge in [-0.3, -0.25) is 0 Å². The van der Waals surface area contributed by atoms with E-state index in [-0.39, 0.29) is 33.4 Å². The molecule has 0 aliphatic carbocycles. The summed E-state index contributed by atoms with van der Waals surface area (Å²) >= 11 is 3.60. The van der Waals surface area contributed by atoms with E-state index in [4.69, 9.17) is 0 Å². The third kappa shape index (κ3) is 8.66. The number of aromatic nitrogens is 2. The molecule has 0 atom stereocenters. The summed E-state index contributed by atoms with van der Waals surface area (Å²) in [7, 11) is 0. The van der Waals surface area contributed by atoms with Gasteiger partial charge >= 0.3 is 0 Å². The largest absolute Gasteiger partial charge is 0.309 e. The van der Waals surface area contributed by atoms with E-state index >= 15 is 0 Å². The maximum absolute atomic E-state index is 10.6. The molecule has 430 valence electrons. The third-order valence-corrected chi connectivity index (χ3v) is 20.6. The molecule has 0 radical (unpaired) electrons. The second kappa shape index (κ2) is 21.8. The molecule has 0 aliphatic rings. The van der Waals surface area contributed by atoms with E-state index < -0.39 is 0 Å². The van der Waals surface area contributed by atoms with Crippen LogP contribution < -0.4 is 0 Å². The number of para-hydroxylation sites is 2. The molecule has 10 heteroatoms. The van der Waals surface area contributed by atoms with E-state index in [2.05, 4.69) is 228 Å². The van der Waals surface area contributed by atoms with Crippen LogP contribution >= 0.6 is 22.7 Å². The molecule has 0 fully saturated rings. The summed E-state index contributed by atoms with van der Waals surface area (Å²) in [6.07, 6.45) is 0. The lowest BCUT2D eigenvalue weighted by Gasteiger charge is -2.20. The second-order valence-electron chi connectivity index (χ2n) is 23.4. The highest BCUT2D eigenvalue weighted by atomic mass is 32.1. The van der Waals surface area contributed by atoms with Crippen molar-refractivity contribution < 1.29 is 0 Å². The van der Waals surface area contributed by atoms with Gasteiger partial charge in [0, 0.05) is 84.4 Å². The minimum absolute atomic E-state index is 0.218. The van der Waals surface area contributed by atoms with Gasteiger partial charge in [0.15, 0.2) is 0 Å². The molecule has 0 saturated carbocycles. The highest BCUT2D eigenvalue weighted by Gasteiger charge is 2.24. The van der Waals surface area contributed by atoms with Crippen molar-refractivity contribution >= 4 is 107 Å². The summed E-state index contributed by atoms with van der Waals surface area (Å²) in [4.78, 5) is 0. The smallest absolute Gasteiger partial charge is 0.0999 e. The fraction of sp³-hybridized carbons (Fsp3) is 0. The average Bonchev–Trinajstić information content (AvgIpc) is 1.48. The Morgan fingerprint density at radius 3 is 0.968 bits per heavy atom. The summed E-state index contributed by atoms with van der Waals surface area (Å²) in [5.74, 6) is 0. The van der Waals surface area contributed by atoms with Crippen LogP contribution in [0.5, 0.6) is 0 Å². The average molecular weight is 1230 g/mol. The van der Waals surface area contributed by atoms with Gasteiger partial charge < -0.3 is 9.13 Å². The van der Waals surface area contributed by atoms with Gasteiger partial charge in [0.25, 0.3) is 0 Å². The van der Waals surface area contributed by atoms with Crippen LogP contribution in [0.2, 0.25) is 0 Å². The van der Waals surface area contributed by atoms with Gasteiger partial charge in [-0.1, -0.05) is 133 Å². The van der Waals surface area contributed by atoms with E-state index in [9.17, 15) is 31.6 Å². The first-order chi connectivity index (χ1) is 46.3. The Morgan fingerprint density at radius 1 is 0.234 bits per heavy atom. The van der Waals surface area contributed by atoms with Crippen LogP contribution in [0.4, 0.5) is 0 Å². The van der Waals surface area contributed by atoms with Crippen molar-refractivity contribution in [3.8, 4) is 115 Å². The van der Waals surface area contributed by atoms with Crippen LogP contribution in [-0.2, 0) is 0 Å². The Hall–Kier alpha value is -13.2. The number of nitrogens with zero attached hydrogens (tertiary/aromatic N) is 8. The molecular formula is C84H42N8S2. The third-order valence-electron chi connectivity index (χ3n) is 18.3. The fourth-order valence-corrected chi connectivity index (χ4v) is 16.4. The van der Waals surface area contributed by atoms with Crippen LogP contribution in [0.15, 0.2) is 255 Å². The molecule has 0 unspecified atom stereocenters. The Bertz CT molecular complexity index is 5970. The van der Waals surface area contributed by atoms with Crippen LogP contribution in [-0.4, -0.2) is 9.13 Å². The standard InChI is InChI=1S/C84H42N8S2/c85-43-49-31-57(45-87)83(58(32-49)46-88)55-13-9-11-53(35-55)69-38-68(52-25-29-62(30-26-52)92-76-20-6-2-16-64(76)72-40-74-66-18-4-8-22-80(66)94-82(74)42-78(72)92)70(54-12-10-14-56(36-54)84-59(47-89)33-50(44-86)34-60(84)48-90)37-67(69)51-23-27-61(28-24-51)91-75-19-5-1-15-63(75)71-39-73-65-17-3-7-21-79(65)93-81(73)41-77(71)91/h1-42H. The minimum Gasteiger partial charge on any atom is -0.309 e. The first kappa shape index (κ1) is 54.9. The topological polar surface area (TPSA) is 153 Å². The molecule has 0 saturated heterocycles. The van der Waals surface area contributed by atoms with E-state index in [0.717, 1.165) is 88.7 Å². The number of benzene rings is 13. The second-order valence-corrected chi connectivity index (χ2v) is 25.6. The zero-order valence-corrected chi connectivity index (χ0v) is 51.3. The van der Waals surface area contributed by atoms with Crippen LogP contribution in [0.1, 0.15) is 33.4 Å². The van der Waals surface area contributed by atoms with E-state index in [1.807, 2.05) is 48.5 Å². The van der Waals surface area contributed by atoms with E-state index in [1.54, 1.807) is 22.7 Å². The van der Waals surface area contributed by atoms with Crippen LogP contribution in [0.3, 0.4) is 0 Å². The lowest BCUT2D eigenvalue weighted by molar-refractivity contribution is 1.18. The van der Waals surface area contributed by atoms with Crippen LogP contribution in [0, 0.1) is 68.0 Å². The van der Waals surface area contributed by atoms with Gasteiger partial charge in [-0.25, -0.2) is 0 Å². The molecule has 0 N–H and O–H groups in total. The zero-order chi connectivity index (χ0) is 63.3. The molecule has 13 aromatic carbocycles. The summed E-state index contributed by atoms with van der Waals surface area (Å²) in [6, 6.07) is 101. The van der Waals surface area contributed by atoms with Crippen molar-refractivity contribution in [3.05, 3.63) is 288 Å². The Labute approximate surface area is 546 Å².